The summed E-state index contributed by atoms with van der Waals surface area (Å²) >= 11 is 0. The molecule has 0 amide bonds. The van der Waals surface area contributed by atoms with Crippen LogP contribution in [0.25, 0.3) is 0 Å². The first-order valence-electron chi connectivity index (χ1n) is 6.38. The lowest BCUT2D eigenvalue weighted by atomic mass is 10.0. The highest BCUT2D eigenvalue weighted by molar-refractivity contribution is 5.99. The summed E-state index contributed by atoms with van der Waals surface area (Å²) in [4.78, 5) is 23.8. The molecule has 102 valence electrons. The van der Waals surface area contributed by atoms with E-state index in [0.717, 1.165) is 11.1 Å². The number of esters is 1. The first-order valence-corrected chi connectivity index (χ1v) is 6.38. The summed E-state index contributed by atoms with van der Waals surface area (Å²) < 4.78 is 5.42. The highest BCUT2D eigenvalue weighted by Crippen LogP contribution is 2.26. The monoisotopic (exact) mass is 268 g/mol. The van der Waals surface area contributed by atoms with Crippen LogP contribution < -0.4 is 4.74 Å². The highest BCUT2D eigenvalue weighted by Gasteiger charge is 2.16. The molecule has 0 aliphatic carbocycles. The van der Waals surface area contributed by atoms with Crippen molar-refractivity contribution >= 4 is 11.8 Å². The highest BCUT2D eigenvalue weighted by atomic mass is 16.5. The Bertz CT molecular complexity index is 657. The van der Waals surface area contributed by atoms with Crippen LogP contribution >= 0.6 is 0 Å². The number of carbonyl (C=O) groups is 2. The number of carbonyl (C=O) groups excluding carboxylic acids is 2. The summed E-state index contributed by atoms with van der Waals surface area (Å²) in [5.74, 6) is -0.232. The van der Waals surface area contributed by atoms with Gasteiger partial charge in [0.1, 0.15) is 5.75 Å². The third-order valence-corrected chi connectivity index (χ3v) is 3.00. The number of ether oxygens (including phenoxy) is 1. The van der Waals surface area contributed by atoms with E-state index in [1.165, 1.54) is 6.92 Å². The molecular weight excluding hydrogens is 252 g/mol. The van der Waals surface area contributed by atoms with Gasteiger partial charge in [-0.05, 0) is 50.1 Å². The average molecular weight is 268 g/mol. The minimum absolute atomic E-state index is 0.118. The van der Waals surface area contributed by atoms with Crippen LogP contribution in [-0.4, -0.2) is 11.8 Å². The molecule has 0 atom stereocenters. The minimum Gasteiger partial charge on any atom is -0.422 e. The van der Waals surface area contributed by atoms with Crippen molar-refractivity contribution in [3.05, 3.63) is 64.7 Å². The standard InChI is InChI=1S/C17H16O3/c1-11-9-12(2)16(15(10-11)13(3)18)20-17(19)14-7-5-4-6-8-14/h4-10H,1-3H3. The largest absolute Gasteiger partial charge is 0.422 e. The zero-order valence-corrected chi connectivity index (χ0v) is 11.8. The lowest BCUT2D eigenvalue weighted by molar-refractivity contribution is 0.0731. The third kappa shape index (κ3) is 2.94. The molecule has 0 fully saturated rings. The maximum absolute atomic E-state index is 12.1. The topological polar surface area (TPSA) is 43.4 Å². The van der Waals surface area contributed by atoms with Gasteiger partial charge in [-0.1, -0.05) is 24.3 Å². The van der Waals surface area contributed by atoms with Crippen molar-refractivity contribution in [2.24, 2.45) is 0 Å². The van der Waals surface area contributed by atoms with Gasteiger partial charge < -0.3 is 4.74 Å². The molecule has 2 aromatic rings. The van der Waals surface area contributed by atoms with Crippen LogP contribution in [-0.2, 0) is 0 Å². The maximum Gasteiger partial charge on any atom is 0.343 e. The lowest BCUT2D eigenvalue weighted by Gasteiger charge is -2.12. The molecule has 0 spiro atoms. The first kappa shape index (κ1) is 14.0. The van der Waals surface area contributed by atoms with Gasteiger partial charge in [-0.3, -0.25) is 4.79 Å². The molecule has 0 unspecified atom stereocenters. The molecule has 0 aliphatic heterocycles. The van der Waals surface area contributed by atoms with Crippen molar-refractivity contribution < 1.29 is 14.3 Å². The van der Waals surface area contributed by atoms with E-state index in [1.807, 2.05) is 26.0 Å². The van der Waals surface area contributed by atoms with Crippen LogP contribution in [0.5, 0.6) is 5.75 Å². The van der Waals surface area contributed by atoms with E-state index in [0.29, 0.717) is 16.9 Å². The van der Waals surface area contributed by atoms with Crippen molar-refractivity contribution in [3.63, 3.8) is 0 Å². The van der Waals surface area contributed by atoms with Crippen LogP contribution in [0.2, 0.25) is 0 Å². The predicted octanol–water partition coefficient (Wildman–Crippen LogP) is 3.73. The number of hydrogen-bond donors (Lipinski definition) is 0. The Labute approximate surface area is 118 Å². The summed E-state index contributed by atoms with van der Waals surface area (Å²) in [6.45, 7) is 5.20. The molecule has 0 N–H and O–H groups in total. The average Bonchev–Trinajstić information content (AvgIpc) is 2.42. The molecule has 0 aliphatic rings. The van der Waals surface area contributed by atoms with Gasteiger partial charge >= 0.3 is 5.97 Å². The van der Waals surface area contributed by atoms with Crippen LogP contribution in [0.3, 0.4) is 0 Å². The Morgan fingerprint density at radius 1 is 1.00 bits per heavy atom. The molecule has 3 heteroatoms. The van der Waals surface area contributed by atoms with Crippen LogP contribution in [0.4, 0.5) is 0 Å². The summed E-state index contributed by atoms with van der Waals surface area (Å²) in [5.41, 5.74) is 2.64. The van der Waals surface area contributed by atoms with Gasteiger partial charge in [0.05, 0.1) is 11.1 Å². The van der Waals surface area contributed by atoms with Gasteiger partial charge in [0.15, 0.2) is 5.78 Å². The van der Waals surface area contributed by atoms with Crippen LogP contribution in [0, 0.1) is 13.8 Å². The van der Waals surface area contributed by atoms with E-state index in [2.05, 4.69) is 0 Å². The van der Waals surface area contributed by atoms with E-state index in [9.17, 15) is 9.59 Å². The Kier molecular flexibility index (Phi) is 3.99. The quantitative estimate of drug-likeness (QED) is 0.484. The summed E-state index contributed by atoms with van der Waals surface area (Å²) in [7, 11) is 0. The number of rotatable bonds is 3. The number of ketones is 1. The molecule has 0 saturated heterocycles. The van der Waals surface area contributed by atoms with Crippen LogP contribution in [0.1, 0.15) is 38.8 Å². The smallest absolute Gasteiger partial charge is 0.343 e. The molecule has 20 heavy (non-hydrogen) atoms. The van der Waals surface area contributed by atoms with Gasteiger partial charge in [-0.25, -0.2) is 4.79 Å². The number of aryl methyl sites for hydroxylation is 2. The fourth-order valence-corrected chi connectivity index (χ4v) is 2.08. The minimum atomic E-state index is -0.458. The summed E-state index contributed by atoms with van der Waals surface area (Å²) in [5, 5.41) is 0. The molecule has 0 saturated carbocycles. The fourth-order valence-electron chi connectivity index (χ4n) is 2.08. The number of Topliss-reactive ketones (excluding diaryl/α,β-unsaturated/α-hetero) is 1. The summed E-state index contributed by atoms with van der Waals surface area (Å²) in [6.07, 6.45) is 0. The van der Waals surface area contributed by atoms with Gasteiger partial charge in [-0.15, -0.1) is 0 Å². The normalized spacial score (nSPS) is 10.2. The Balaban J connectivity index is 2.39. The fraction of sp³-hybridized carbons (Fsp3) is 0.176. The van der Waals surface area contributed by atoms with E-state index >= 15 is 0 Å². The van der Waals surface area contributed by atoms with Gasteiger partial charge in [0.2, 0.25) is 0 Å². The van der Waals surface area contributed by atoms with Gasteiger partial charge in [0.25, 0.3) is 0 Å². The second-order valence-electron chi connectivity index (χ2n) is 4.77. The van der Waals surface area contributed by atoms with Crippen molar-refractivity contribution in [1.82, 2.24) is 0 Å². The molecule has 3 nitrogen and oxygen atoms in total. The Morgan fingerprint density at radius 3 is 2.25 bits per heavy atom. The second-order valence-corrected chi connectivity index (χ2v) is 4.77. The third-order valence-electron chi connectivity index (χ3n) is 3.00. The Hall–Kier alpha value is -2.42. The molecule has 2 aromatic carbocycles. The van der Waals surface area contributed by atoms with Crippen molar-refractivity contribution in [3.8, 4) is 5.75 Å². The first-order chi connectivity index (χ1) is 9.49. The van der Waals surface area contributed by atoms with Gasteiger partial charge in [-0.2, -0.15) is 0 Å². The zero-order chi connectivity index (χ0) is 14.7. The van der Waals surface area contributed by atoms with Crippen molar-refractivity contribution in [2.75, 3.05) is 0 Å². The predicted molar refractivity (Wildman–Crippen MR) is 77.3 cm³/mol. The molecule has 0 radical (unpaired) electrons. The van der Waals surface area contributed by atoms with E-state index in [4.69, 9.17) is 4.74 Å². The second kappa shape index (κ2) is 5.70. The lowest BCUT2D eigenvalue weighted by Crippen LogP contribution is -2.12. The zero-order valence-electron chi connectivity index (χ0n) is 11.8. The van der Waals surface area contributed by atoms with Gasteiger partial charge in [0, 0.05) is 0 Å². The molecule has 0 bridgehead atoms. The van der Waals surface area contributed by atoms with Crippen molar-refractivity contribution in [1.29, 1.82) is 0 Å². The number of benzene rings is 2. The van der Waals surface area contributed by atoms with E-state index in [-0.39, 0.29) is 5.78 Å². The maximum atomic E-state index is 12.1. The molecule has 0 aromatic heterocycles. The van der Waals surface area contributed by atoms with Crippen LogP contribution in [0.15, 0.2) is 42.5 Å². The van der Waals surface area contributed by atoms with Crippen molar-refractivity contribution in [2.45, 2.75) is 20.8 Å². The number of hydrogen-bond acceptors (Lipinski definition) is 3. The molecular formula is C17H16O3. The molecule has 0 heterocycles. The Morgan fingerprint density at radius 2 is 1.65 bits per heavy atom. The van der Waals surface area contributed by atoms with E-state index < -0.39 is 5.97 Å². The SMILES string of the molecule is CC(=O)c1cc(C)cc(C)c1OC(=O)c1ccccc1. The molecule has 2 rings (SSSR count). The van der Waals surface area contributed by atoms with E-state index in [1.54, 1.807) is 30.3 Å². The summed E-state index contributed by atoms with van der Waals surface area (Å²) in [6, 6.07) is 12.4.